The summed E-state index contributed by atoms with van der Waals surface area (Å²) in [4.78, 5) is 16.5. The first-order chi connectivity index (χ1) is 9.52. The largest absolute Gasteiger partial charge is 0.446 e. The molecule has 1 aromatic rings. The van der Waals surface area contributed by atoms with Gasteiger partial charge in [-0.05, 0) is 25.8 Å². The van der Waals surface area contributed by atoms with Crippen molar-refractivity contribution in [2.75, 3.05) is 20.4 Å². The number of carbonyl (C=O) groups is 1. The minimum atomic E-state index is -0.497. The van der Waals surface area contributed by atoms with Crippen molar-refractivity contribution in [2.24, 2.45) is 5.16 Å². The van der Waals surface area contributed by atoms with E-state index >= 15 is 0 Å². The Morgan fingerprint density at radius 3 is 2.55 bits per heavy atom. The van der Waals surface area contributed by atoms with Gasteiger partial charge in [-0.2, -0.15) is 0 Å². The monoisotopic (exact) mass is 313 g/mol. The van der Waals surface area contributed by atoms with Gasteiger partial charge in [0.2, 0.25) is 0 Å². The summed E-state index contributed by atoms with van der Waals surface area (Å²) in [5.74, 6) is 0. The molecule has 0 aliphatic rings. The third-order valence-corrected chi connectivity index (χ3v) is 3.78. The quantitative estimate of drug-likeness (QED) is 0.274. The van der Waals surface area contributed by atoms with Crippen LogP contribution < -0.4 is 0 Å². The first-order valence-corrected chi connectivity index (χ1v) is 7.95. The molecule has 0 aliphatic heterocycles. The van der Waals surface area contributed by atoms with Crippen molar-refractivity contribution in [3.63, 3.8) is 0 Å². The van der Waals surface area contributed by atoms with Crippen LogP contribution in [0.3, 0.4) is 0 Å². The molecule has 0 atom stereocenters. The van der Waals surface area contributed by atoms with E-state index in [-0.39, 0.29) is 0 Å². The van der Waals surface area contributed by atoms with Crippen LogP contribution in [0.15, 0.2) is 35.5 Å². The van der Waals surface area contributed by atoms with E-state index in [1.807, 2.05) is 47.9 Å². The van der Waals surface area contributed by atoms with Crippen LogP contribution in [-0.4, -0.2) is 40.1 Å². The molecule has 0 heterocycles. The number of nitrogens with zero attached hydrogens (tertiary/aromatic N) is 3. The Bertz CT molecular complexity index is 454. The SMILES string of the molecule is CSC(C)=NOC(=O)N(C)SN(C)Cc1ccccc1. The topological polar surface area (TPSA) is 45.1 Å². The number of amides is 1. The molecule has 5 nitrogen and oxygen atoms in total. The Morgan fingerprint density at radius 1 is 1.30 bits per heavy atom. The highest BCUT2D eigenvalue weighted by Crippen LogP contribution is 2.16. The van der Waals surface area contributed by atoms with E-state index < -0.39 is 6.09 Å². The van der Waals surface area contributed by atoms with Crippen LogP contribution in [0.25, 0.3) is 0 Å². The average Bonchev–Trinajstić information content (AvgIpc) is 2.45. The van der Waals surface area contributed by atoms with Gasteiger partial charge in [-0.15, -0.1) is 11.8 Å². The minimum absolute atomic E-state index is 0.497. The van der Waals surface area contributed by atoms with Gasteiger partial charge in [0, 0.05) is 25.7 Å². The molecule has 0 saturated heterocycles. The molecule has 0 saturated carbocycles. The van der Waals surface area contributed by atoms with E-state index in [1.165, 1.54) is 33.8 Å². The predicted octanol–water partition coefficient (Wildman–Crippen LogP) is 3.45. The highest BCUT2D eigenvalue weighted by Gasteiger charge is 2.14. The van der Waals surface area contributed by atoms with Crippen LogP contribution in [-0.2, 0) is 11.4 Å². The summed E-state index contributed by atoms with van der Waals surface area (Å²) in [6.45, 7) is 2.52. The molecule has 0 bridgehead atoms. The fourth-order valence-electron chi connectivity index (χ4n) is 1.31. The molecule has 0 N–H and O–H groups in total. The Labute approximate surface area is 128 Å². The van der Waals surface area contributed by atoms with Crippen molar-refractivity contribution in [3.05, 3.63) is 35.9 Å². The van der Waals surface area contributed by atoms with E-state index in [1.54, 1.807) is 14.0 Å². The van der Waals surface area contributed by atoms with Gasteiger partial charge >= 0.3 is 6.09 Å². The summed E-state index contributed by atoms with van der Waals surface area (Å²) in [6.07, 6.45) is 1.38. The number of hydrogen-bond donors (Lipinski definition) is 0. The first-order valence-electron chi connectivity index (χ1n) is 5.99. The van der Waals surface area contributed by atoms with E-state index in [0.29, 0.717) is 5.04 Å². The van der Waals surface area contributed by atoms with Crippen LogP contribution in [0.5, 0.6) is 0 Å². The normalized spacial score (nSPS) is 11.6. The number of carbonyl (C=O) groups excluding carboxylic acids is 1. The lowest BCUT2D eigenvalue weighted by Crippen LogP contribution is -2.25. The zero-order valence-corrected chi connectivity index (χ0v) is 13.7. The van der Waals surface area contributed by atoms with E-state index in [4.69, 9.17) is 4.84 Å². The number of benzene rings is 1. The third kappa shape index (κ3) is 6.31. The van der Waals surface area contributed by atoms with Gasteiger partial charge in [0.25, 0.3) is 0 Å². The van der Waals surface area contributed by atoms with Crippen molar-refractivity contribution in [3.8, 4) is 0 Å². The zero-order valence-electron chi connectivity index (χ0n) is 12.1. The lowest BCUT2D eigenvalue weighted by molar-refractivity contribution is 0.136. The van der Waals surface area contributed by atoms with Gasteiger partial charge in [0.05, 0.1) is 0 Å². The smallest absolute Gasteiger partial charge is 0.296 e. The molecule has 110 valence electrons. The van der Waals surface area contributed by atoms with Crippen LogP contribution in [0.4, 0.5) is 4.79 Å². The molecule has 1 rings (SSSR count). The fourth-order valence-corrected chi connectivity index (χ4v) is 2.15. The number of oxime groups is 1. The molecule has 0 radical (unpaired) electrons. The van der Waals surface area contributed by atoms with Crippen molar-refractivity contribution < 1.29 is 9.63 Å². The van der Waals surface area contributed by atoms with Crippen molar-refractivity contribution in [2.45, 2.75) is 13.5 Å². The molecule has 0 spiro atoms. The Morgan fingerprint density at radius 2 is 1.95 bits per heavy atom. The van der Waals surface area contributed by atoms with Gasteiger partial charge in [0.15, 0.2) is 0 Å². The Balaban J connectivity index is 2.41. The molecule has 0 aliphatic carbocycles. The maximum atomic E-state index is 11.7. The van der Waals surface area contributed by atoms with Gasteiger partial charge in [0.1, 0.15) is 5.04 Å². The van der Waals surface area contributed by atoms with Crippen LogP contribution in [0.1, 0.15) is 12.5 Å². The van der Waals surface area contributed by atoms with E-state index in [2.05, 4.69) is 5.16 Å². The van der Waals surface area contributed by atoms with E-state index in [0.717, 1.165) is 6.54 Å². The molecular formula is C13H19N3O2S2. The highest BCUT2D eigenvalue weighted by molar-refractivity contribution is 8.13. The van der Waals surface area contributed by atoms with Gasteiger partial charge in [-0.3, -0.25) is 4.84 Å². The molecule has 0 fully saturated rings. The maximum Gasteiger partial charge on any atom is 0.446 e. The lowest BCUT2D eigenvalue weighted by Gasteiger charge is -2.20. The highest BCUT2D eigenvalue weighted by atomic mass is 32.2. The van der Waals surface area contributed by atoms with Gasteiger partial charge in [-0.25, -0.2) is 13.4 Å². The van der Waals surface area contributed by atoms with Gasteiger partial charge < -0.3 is 0 Å². The van der Waals surface area contributed by atoms with Crippen molar-refractivity contribution in [1.82, 2.24) is 8.61 Å². The Hall–Kier alpha value is -1.18. The predicted molar refractivity (Wildman–Crippen MR) is 86.4 cm³/mol. The molecular weight excluding hydrogens is 294 g/mol. The summed E-state index contributed by atoms with van der Waals surface area (Å²) in [5.41, 5.74) is 1.18. The number of hydrogen-bond acceptors (Lipinski definition) is 6. The van der Waals surface area contributed by atoms with Crippen LogP contribution >= 0.6 is 23.9 Å². The summed E-state index contributed by atoms with van der Waals surface area (Å²) >= 11 is 2.71. The summed E-state index contributed by atoms with van der Waals surface area (Å²) in [6, 6.07) is 10.0. The summed E-state index contributed by atoms with van der Waals surface area (Å²) in [5, 5.41) is 4.41. The maximum absolute atomic E-state index is 11.7. The lowest BCUT2D eigenvalue weighted by atomic mass is 10.2. The second-order valence-corrected chi connectivity index (χ2v) is 6.36. The molecule has 0 unspecified atom stereocenters. The van der Waals surface area contributed by atoms with Crippen molar-refractivity contribution >= 4 is 35.0 Å². The Kier molecular flexibility index (Phi) is 7.50. The first kappa shape index (κ1) is 16.9. The molecule has 0 aromatic heterocycles. The van der Waals surface area contributed by atoms with Crippen LogP contribution in [0, 0.1) is 0 Å². The molecule has 20 heavy (non-hydrogen) atoms. The van der Waals surface area contributed by atoms with Crippen LogP contribution in [0.2, 0.25) is 0 Å². The third-order valence-electron chi connectivity index (χ3n) is 2.31. The molecule has 1 aromatic carbocycles. The van der Waals surface area contributed by atoms with Gasteiger partial charge in [-0.1, -0.05) is 35.5 Å². The second kappa shape index (κ2) is 8.89. The van der Waals surface area contributed by atoms with Crippen molar-refractivity contribution in [1.29, 1.82) is 0 Å². The zero-order chi connectivity index (χ0) is 15.0. The fraction of sp³-hybridized carbons (Fsp3) is 0.385. The van der Waals surface area contributed by atoms with E-state index in [9.17, 15) is 4.79 Å². The molecule has 7 heteroatoms. The molecule has 1 amide bonds. The standard InChI is InChI=1S/C13H19N3O2S2/c1-11(19-4)14-18-13(17)16(3)20-15(2)10-12-8-6-5-7-9-12/h5-9H,10H2,1-4H3. The summed E-state index contributed by atoms with van der Waals surface area (Å²) in [7, 11) is 3.57. The number of rotatable bonds is 5. The number of thioether (sulfide) groups is 1. The summed E-state index contributed by atoms with van der Waals surface area (Å²) < 4.78 is 3.35. The minimum Gasteiger partial charge on any atom is -0.296 e. The average molecular weight is 313 g/mol. The second-order valence-electron chi connectivity index (χ2n) is 4.02.